The second kappa shape index (κ2) is 8.86. The van der Waals surface area contributed by atoms with Gasteiger partial charge in [0, 0.05) is 34.0 Å². The van der Waals surface area contributed by atoms with Gasteiger partial charge in [0.05, 0.1) is 23.4 Å². The molecule has 0 saturated heterocycles. The Morgan fingerprint density at radius 1 is 0.882 bits per heavy atom. The van der Waals surface area contributed by atoms with Crippen molar-refractivity contribution in [2.45, 2.75) is 6.54 Å². The Balaban J connectivity index is 1.49. The smallest absolute Gasteiger partial charge is 0.244 e. The fraction of sp³-hybridized carbons (Fsp3) is 0.0370. The summed E-state index contributed by atoms with van der Waals surface area (Å²) in [7, 11) is 0. The first kappa shape index (κ1) is 21.5. The predicted octanol–water partition coefficient (Wildman–Crippen LogP) is 6.13. The summed E-state index contributed by atoms with van der Waals surface area (Å²) in [5.74, 6) is -2.12. The van der Waals surface area contributed by atoms with Gasteiger partial charge < -0.3 is 10.3 Å². The van der Waals surface area contributed by atoms with E-state index < -0.39 is 11.6 Å². The topological polar surface area (TPSA) is 57.8 Å². The van der Waals surface area contributed by atoms with Crippen molar-refractivity contribution in [3.8, 4) is 11.3 Å². The Morgan fingerprint density at radius 2 is 1.62 bits per heavy atom. The average molecular weight is 457 g/mol. The molecule has 2 N–H and O–H groups in total. The molecule has 2 aromatic heterocycles. The zero-order chi connectivity index (χ0) is 23.7. The van der Waals surface area contributed by atoms with E-state index >= 15 is 0 Å². The highest BCUT2D eigenvalue weighted by Gasteiger charge is 2.15. The first-order valence-electron chi connectivity index (χ1n) is 10.5. The third-order valence-corrected chi connectivity index (χ3v) is 5.43. The fourth-order valence-corrected chi connectivity index (χ4v) is 3.87. The van der Waals surface area contributed by atoms with E-state index in [-0.39, 0.29) is 18.3 Å². The summed E-state index contributed by atoms with van der Waals surface area (Å²) in [5, 5.41) is 4.53. The molecule has 0 bridgehead atoms. The van der Waals surface area contributed by atoms with Gasteiger partial charge in [-0.15, -0.1) is 0 Å². The van der Waals surface area contributed by atoms with Crippen LogP contribution in [-0.4, -0.2) is 15.9 Å². The summed E-state index contributed by atoms with van der Waals surface area (Å²) in [4.78, 5) is 20.2. The lowest BCUT2D eigenvalue weighted by Gasteiger charge is -2.09. The minimum Gasteiger partial charge on any atom is -0.353 e. The number of amides is 1. The second-order valence-corrected chi connectivity index (χ2v) is 7.82. The van der Waals surface area contributed by atoms with Gasteiger partial charge in [-0.3, -0.25) is 4.79 Å². The molecule has 0 spiro atoms. The number of para-hydroxylation sites is 1. The van der Waals surface area contributed by atoms with Crippen LogP contribution >= 0.6 is 0 Å². The van der Waals surface area contributed by atoms with Crippen molar-refractivity contribution < 1.29 is 18.0 Å². The van der Waals surface area contributed by atoms with Gasteiger partial charge in [-0.1, -0.05) is 30.3 Å². The van der Waals surface area contributed by atoms with Crippen LogP contribution < -0.4 is 5.32 Å². The number of carbonyl (C=O) groups is 1. The normalized spacial score (nSPS) is 11.5. The van der Waals surface area contributed by atoms with Gasteiger partial charge in [0.15, 0.2) is 0 Å². The molecule has 0 fully saturated rings. The molecule has 0 atom stereocenters. The molecule has 0 radical (unpaired) electrons. The van der Waals surface area contributed by atoms with Crippen LogP contribution in [0.1, 0.15) is 11.3 Å². The number of hydrogen-bond donors (Lipinski definition) is 2. The molecule has 1 amide bonds. The molecule has 7 heteroatoms. The van der Waals surface area contributed by atoms with Crippen LogP contribution in [0.25, 0.3) is 39.1 Å². The Kier molecular flexibility index (Phi) is 5.59. The maximum atomic E-state index is 14.0. The molecule has 0 saturated carbocycles. The molecule has 0 aliphatic carbocycles. The molecule has 0 aliphatic rings. The highest BCUT2D eigenvalue weighted by molar-refractivity contribution is 6.11. The number of aromatic amines is 1. The van der Waals surface area contributed by atoms with Crippen LogP contribution in [0.5, 0.6) is 0 Å². The molecule has 5 rings (SSSR count). The number of nitrogens with zero attached hydrogens (tertiary/aromatic N) is 1. The van der Waals surface area contributed by atoms with Gasteiger partial charge in [0.1, 0.15) is 17.5 Å². The summed E-state index contributed by atoms with van der Waals surface area (Å²) in [6, 6.07) is 18.5. The number of fused-ring (bicyclic) bond motifs is 3. The number of nitrogens with one attached hydrogen (secondary N) is 2. The number of pyridine rings is 1. The minimum atomic E-state index is -0.703. The van der Waals surface area contributed by atoms with Crippen molar-refractivity contribution in [3.05, 3.63) is 108 Å². The monoisotopic (exact) mass is 457 g/mol. The van der Waals surface area contributed by atoms with E-state index in [1.165, 1.54) is 30.3 Å². The molecule has 2 heterocycles. The van der Waals surface area contributed by atoms with Crippen LogP contribution in [-0.2, 0) is 11.3 Å². The predicted molar refractivity (Wildman–Crippen MR) is 126 cm³/mol. The van der Waals surface area contributed by atoms with Gasteiger partial charge in [0.2, 0.25) is 5.91 Å². The van der Waals surface area contributed by atoms with E-state index in [1.807, 2.05) is 30.3 Å². The van der Waals surface area contributed by atoms with Gasteiger partial charge >= 0.3 is 0 Å². The third-order valence-electron chi connectivity index (χ3n) is 5.43. The first-order valence-corrected chi connectivity index (χ1v) is 10.5. The molecular weight excluding hydrogens is 439 g/mol. The van der Waals surface area contributed by atoms with Gasteiger partial charge in [-0.05, 0) is 48.0 Å². The van der Waals surface area contributed by atoms with E-state index in [1.54, 1.807) is 18.2 Å². The SMILES string of the molecule is O=C(/C=C/c1ccc(F)cc1)NCc1cc2c([nH]c3ccccc32)c(-c2cc(F)cc(F)c2)n1. The molecule has 4 nitrogen and oxygen atoms in total. The number of halogens is 3. The number of carbonyl (C=O) groups excluding carboxylic acids is 1. The molecule has 168 valence electrons. The number of aromatic nitrogens is 2. The summed E-state index contributed by atoms with van der Waals surface area (Å²) < 4.78 is 40.9. The highest BCUT2D eigenvalue weighted by atomic mass is 19.1. The van der Waals surface area contributed by atoms with Crippen molar-refractivity contribution in [1.29, 1.82) is 0 Å². The van der Waals surface area contributed by atoms with Gasteiger partial charge in [0.25, 0.3) is 0 Å². The second-order valence-electron chi connectivity index (χ2n) is 7.82. The minimum absolute atomic E-state index is 0.104. The van der Waals surface area contributed by atoms with Crippen LogP contribution in [0.3, 0.4) is 0 Å². The number of H-pyrrole nitrogens is 1. The molecule has 0 aliphatic heterocycles. The zero-order valence-corrected chi connectivity index (χ0v) is 17.8. The Labute approximate surface area is 192 Å². The maximum Gasteiger partial charge on any atom is 0.244 e. The van der Waals surface area contributed by atoms with Gasteiger partial charge in [-0.25, -0.2) is 18.2 Å². The van der Waals surface area contributed by atoms with Crippen LogP contribution in [0.4, 0.5) is 13.2 Å². The largest absolute Gasteiger partial charge is 0.353 e. The fourth-order valence-electron chi connectivity index (χ4n) is 3.87. The highest BCUT2D eigenvalue weighted by Crippen LogP contribution is 2.33. The quantitative estimate of drug-likeness (QED) is 0.312. The number of benzene rings is 3. The van der Waals surface area contributed by atoms with Crippen LogP contribution in [0.15, 0.2) is 78.9 Å². The summed E-state index contributed by atoms with van der Waals surface area (Å²) in [6.45, 7) is 0.104. The Hall–Kier alpha value is -4.39. The molecular formula is C27H18F3N3O. The van der Waals surface area contributed by atoms with E-state index in [4.69, 9.17) is 0 Å². The number of hydrogen-bond acceptors (Lipinski definition) is 2. The van der Waals surface area contributed by atoms with E-state index in [9.17, 15) is 18.0 Å². The molecule has 3 aromatic carbocycles. The van der Waals surface area contributed by atoms with E-state index in [0.717, 1.165) is 22.4 Å². The first-order chi connectivity index (χ1) is 16.5. The summed E-state index contributed by atoms with van der Waals surface area (Å²) in [5.41, 5.74) is 3.40. The summed E-state index contributed by atoms with van der Waals surface area (Å²) >= 11 is 0. The lowest BCUT2D eigenvalue weighted by Crippen LogP contribution is -2.21. The number of rotatable bonds is 5. The third kappa shape index (κ3) is 4.41. The zero-order valence-electron chi connectivity index (χ0n) is 17.8. The Morgan fingerprint density at radius 3 is 2.38 bits per heavy atom. The Bertz CT molecular complexity index is 1540. The van der Waals surface area contributed by atoms with Crippen molar-refractivity contribution in [3.63, 3.8) is 0 Å². The van der Waals surface area contributed by atoms with Crippen molar-refractivity contribution in [1.82, 2.24) is 15.3 Å². The standard InChI is InChI=1S/C27H18F3N3O/c28-18-8-5-16(6-9-18)7-10-25(34)31-15-21-14-23-22-3-1-2-4-24(22)33-27(23)26(32-21)17-11-19(29)13-20(30)12-17/h1-14,33H,15H2,(H,31,34)/b10-7+. The lowest BCUT2D eigenvalue weighted by atomic mass is 10.1. The summed E-state index contributed by atoms with van der Waals surface area (Å²) in [6.07, 6.45) is 2.92. The van der Waals surface area contributed by atoms with Gasteiger partial charge in [-0.2, -0.15) is 0 Å². The van der Waals surface area contributed by atoms with Crippen molar-refractivity contribution in [2.75, 3.05) is 0 Å². The molecule has 34 heavy (non-hydrogen) atoms. The van der Waals surface area contributed by atoms with Crippen molar-refractivity contribution in [2.24, 2.45) is 0 Å². The average Bonchev–Trinajstić information content (AvgIpc) is 3.20. The van der Waals surface area contributed by atoms with E-state index in [0.29, 0.717) is 28.0 Å². The van der Waals surface area contributed by atoms with E-state index in [2.05, 4.69) is 15.3 Å². The van der Waals surface area contributed by atoms with Crippen LogP contribution in [0, 0.1) is 17.5 Å². The van der Waals surface area contributed by atoms with Crippen molar-refractivity contribution >= 4 is 33.8 Å². The molecule has 0 unspecified atom stereocenters. The lowest BCUT2D eigenvalue weighted by molar-refractivity contribution is -0.116. The van der Waals surface area contributed by atoms with Crippen LogP contribution in [0.2, 0.25) is 0 Å². The maximum absolute atomic E-state index is 14.0. The molecule has 5 aromatic rings.